The number of benzene rings is 2. The van der Waals surface area contributed by atoms with Gasteiger partial charge in [0.25, 0.3) is 11.8 Å². The van der Waals surface area contributed by atoms with Gasteiger partial charge in [-0.2, -0.15) is 4.98 Å². The maximum absolute atomic E-state index is 14.9. The van der Waals surface area contributed by atoms with Crippen LogP contribution < -0.4 is 20.1 Å². The molecule has 2 aromatic carbocycles. The van der Waals surface area contributed by atoms with Crippen molar-refractivity contribution < 1.29 is 36.7 Å². The van der Waals surface area contributed by atoms with E-state index in [0.29, 0.717) is 48.2 Å². The first-order valence-electron chi connectivity index (χ1n) is 22.3. The van der Waals surface area contributed by atoms with Gasteiger partial charge in [0, 0.05) is 29.2 Å². The molecule has 4 heterocycles. The largest absolute Gasteiger partial charge is 0.470 e. The summed E-state index contributed by atoms with van der Waals surface area (Å²) >= 11 is 0. The normalized spacial score (nSPS) is 26.9. The van der Waals surface area contributed by atoms with Gasteiger partial charge in [-0.1, -0.05) is 95.0 Å². The van der Waals surface area contributed by atoms with Crippen molar-refractivity contribution in [3.05, 3.63) is 66.2 Å². The van der Waals surface area contributed by atoms with Gasteiger partial charge in [0.05, 0.1) is 11.8 Å². The van der Waals surface area contributed by atoms with Gasteiger partial charge in [0.2, 0.25) is 33.3 Å². The summed E-state index contributed by atoms with van der Waals surface area (Å²) in [6.45, 7) is 6.42. The maximum Gasteiger partial charge on any atom is 0.262 e. The Morgan fingerprint density at radius 3 is 2.42 bits per heavy atom. The van der Waals surface area contributed by atoms with Crippen LogP contribution in [0.5, 0.6) is 5.88 Å². The van der Waals surface area contributed by atoms with Crippen molar-refractivity contribution in [2.24, 2.45) is 11.8 Å². The number of ether oxygens (including phenoxy) is 1. The fourth-order valence-electron chi connectivity index (χ4n) is 9.38. The molecule has 328 valence electrons. The van der Waals surface area contributed by atoms with E-state index in [2.05, 4.69) is 48.3 Å². The Morgan fingerprint density at radius 1 is 0.935 bits per heavy atom. The van der Waals surface area contributed by atoms with Gasteiger partial charge in [-0.25, -0.2) is 13.4 Å². The van der Waals surface area contributed by atoms with Crippen LogP contribution in [0.15, 0.2) is 65.1 Å². The smallest absolute Gasteiger partial charge is 0.262 e. The average molecular weight is 865 g/mol. The van der Waals surface area contributed by atoms with E-state index in [1.54, 1.807) is 0 Å². The minimum absolute atomic E-state index is 0.0212. The zero-order valence-electron chi connectivity index (χ0n) is 35.7. The molecular weight excluding hydrogens is 809 g/mol. The Kier molecular flexibility index (Phi) is 11.1. The van der Waals surface area contributed by atoms with Crippen LogP contribution in [0.4, 0.5) is 0 Å². The molecule has 0 radical (unpaired) electrons. The highest BCUT2D eigenvalue weighted by Gasteiger charge is 2.62. The van der Waals surface area contributed by atoms with E-state index in [0.717, 1.165) is 61.5 Å². The number of hydrogen-bond acceptors (Lipinski definition) is 10. The summed E-state index contributed by atoms with van der Waals surface area (Å²) < 4.78 is 41.3. The number of carbonyl (C=O) groups excluding carboxylic acids is 4. The number of sulfonamides is 1. The summed E-state index contributed by atoms with van der Waals surface area (Å²) in [5, 5.41) is 6.16. The average Bonchev–Trinajstić information content (AvgIpc) is 4.03. The van der Waals surface area contributed by atoms with Gasteiger partial charge in [0.15, 0.2) is 5.82 Å². The van der Waals surface area contributed by atoms with Gasteiger partial charge < -0.3 is 24.7 Å². The van der Waals surface area contributed by atoms with Crippen molar-refractivity contribution in [1.82, 2.24) is 30.2 Å². The Bertz CT molecular complexity index is 2540. The number of aromatic nitrogens is 2. The lowest BCUT2D eigenvalue weighted by atomic mass is 9.87. The van der Waals surface area contributed by atoms with Crippen LogP contribution in [0, 0.1) is 11.8 Å². The molecule has 62 heavy (non-hydrogen) atoms. The van der Waals surface area contributed by atoms with Crippen molar-refractivity contribution in [1.29, 1.82) is 0 Å². The molecule has 0 unspecified atom stereocenters. The van der Waals surface area contributed by atoms with Gasteiger partial charge in [0.1, 0.15) is 34.8 Å². The highest BCUT2D eigenvalue weighted by molar-refractivity contribution is 7.91. The molecule has 9 rings (SSSR count). The molecule has 0 spiro atoms. The first-order valence-corrected chi connectivity index (χ1v) is 23.9. The Hall–Kier alpha value is -5.31. The Morgan fingerprint density at radius 2 is 1.68 bits per heavy atom. The van der Waals surface area contributed by atoms with Crippen LogP contribution in [0.25, 0.3) is 33.5 Å². The number of fused-ring (bicyclic) bond motifs is 5. The van der Waals surface area contributed by atoms with Crippen LogP contribution in [0.2, 0.25) is 0 Å². The van der Waals surface area contributed by atoms with E-state index < -0.39 is 62.6 Å². The van der Waals surface area contributed by atoms with Crippen molar-refractivity contribution >= 4 is 55.7 Å². The second-order valence-electron chi connectivity index (χ2n) is 19.0. The third kappa shape index (κ3) is 8.44. The summed E-state index contributed by atoms with van der Waals surface area (Å²) in [7, 11) is -3.91. The molecule has 3 saturated carbocycles. The molecule has 1 saturated heterocycles. The summed E-state index contributed by atoms with van der Waals surface area (Å²) in [5.41, 5.74) is 1.82. The van der Waals surface area contributed by atoms with Crippen LogP contribution in [-0.2, 0) is 34.6 Å². The Balaban J connectivity index is 1.06. The minimum atomic E-state index is -3.91. The van der Waals surface area contributed by atoms with E-state index >= 15 is 0 Å². The van der Waals surface area contributed by atoms with Crippen LogP contribution in [0.1, 0.15) is 110 Å². The number of rotatable bonds is 8. The molecule has 3 aliphatic carbocycles. The molecule has 3 N–H and O–H groups in total. The van der Waals surface area contributed by atoms with Crippen molar-refractivity contribution in [3.8, 4) is 17.3 Å². The first kappa shape index (κ1) is 42.0. The lowest BCUT2D eigenvalue weighted by molar-refractivity contribution is -0.143. The molecule has 4 fully saturated rings. The summed E-state index contributed by atoms with van der Waals surface area (Å²) in [5.74, 6) is -1.98. The molecule has 4 amide bonds. The number of carbonyl (C=O) groups is 4. The second kappa shape index (κ2) is 16.4. The van der Waals surface area contributed by atoms with Gasteiger partial charge >= 0.3 is 0 Å². The standard InChI is InChI=1S/C47H56N6O8S/c1-46(2,3)30-21-19-28(20-22-30)40-49-38-34-16-11-12-18-37(34)61-39(38)43(50-40)60-32-25-36-42(55)51-47(45(57)52-62(58,59)33-23-24-33)26-31(47)15-7-5-4-6-8-17-35(44(56)53(36)27-32)48-41(54)29-13-9-10-14-29/h7,11-12,15-16,18-22,29,31-33,35-36H,4-6,8-10,13-14,17,23-27H2,1-3H3,(H,48,54)(H,51,55)(H,52,57)/b15-7-/t31-,32+,35-,36-,47+/m0/s1. The number of allylic oxidation sites excluding steroid dienone is 1. The molecule has 2 aromatic heterocycles. The number of furan rings is 1. The molecule has 4 aromatic rings. The zero-order chi connectivity index (χ0) is 43.4. The van der Waals surface area contributed by atoms with Crippen LogP contribution in [-0.4, -0.2) is 82.4 Å². The molecule has 5 aliphatic rings. The molecule has 14 nitrogen and oxygen atoms in total. The fourth-order valence-corrected chi connectivity index (χ4v) is 10.7. The van der Waals surface area contributed by atoms with Gasteiger partial charge in [-0.3, -0.25) is 23.9 Å². The maximum atomic E-state index is 14.9. The fraction of sp³-hybridized carbons (Fsp3) is 0.532. The quantitative estimate of drug-likeness (QED) is 0.168. The lowest BCUT2D eigenvalue weighted by Crippen LogP contribution is -2.58. The number of para-hydroxylation sites is 1. The number of amides is 4. The van der Waals surface area contributed by atoms with E-state index in [9.17, 15) is 27.6 Å². The third-order valence-corrected chi connectivity index (χ3v) is 15.2. The Labute approximate surface area is 362 Å². The van der Waals surface area contributed by atoms with E-state index in [4.69, 9.17) is 19.1 Å². The highest BCUT2D eigenvalue weighted by Crippen LogP contribution is 2.46. The highest BCUT2D eigenvalue weighted by atomic mass is 32.2. The van der Waals surface area contributed by atoms with Crippen LogP contribution in [0.3, 0.4) is 0 Å². The monoisotopic (exact) mass is 864 g/mol. The molecule has 15 heteroatoms. The van der Waals surface area contributed by atoms with Crippen molar-refractivity contribution in [3.63, 3.8) is 0 Å². The van der Waals surface area contributed by atoms with Gasteiger partial charge in [-0.05, 0) is 74.5 Å². The molecule has 5 atom stereocenters. The summed E-state index contributed by atoms with van der Waals surface area (Å²) in [6, 6.07) is 13.6. The number of nitrogens with zero attached hydrogens (tertiary/aromatic N) is 3. The zero-order valence-corrected chi connectivity index (χ0v) is 36.5. The second-order valence-corrected chi connectivity index (χ2v) is 21.0. The van der Waals surface area contributed by atoms with Gasteiger partial charge in [-0.15, -0.1) is 0 Å². The lowest BCUT2D eigenvalue weighted by Gasteiger charge is -2.30. The minimum Gasteiger partial charge on any atom is -0.470 e. The molecule has 2 aliphatic heterocycles. The first-order chi connectivity index (χ1) is 29.7. The summed E-state index contributed by atoms with van der Waals surface area (Å²) in [6.07, 6.45) is 11.2. The number of hydrogen-bond donors (Lipinski definition) is 3. The van der Waals surface area contributed by atoms with E-state index in [-0.39, 0.29) is 42.5 Å². The van der Waals surface area contributed by atoms with E-state index in [1.165, 1.54) is 4.90 Å². The SMILES string of the molecule is CC(C)(C)c1ccc(-c2nc(O[C@@H]3C[C@H]4C(=O)N[C@]5(C(=O)NS(=O)(=O)C6CC6)C[C@@H]5/C=C\CCCCC[C@H](NC(=O)C5CCCC5)C(=O)N4C3)c3oc4ccccc4c3n2)cc1. The summed E-state index contributed by atoms with van der Waals surface area (Å²) in [4.78, 5) is 68.3. The third-order valence-electron chi connectivity index (χ3n) is 13.4. The van der Waals surface area contributed by atoms with Crippen molar-refractivity contribution in [2.75, 3.05) is 6.54 Å². The molecular formula is C47H56N6O8S. The topological polar surface area (TPSA) is 190 Å². The van der Waals surface area contributed by atoms with Crippen molar-refractivity contribution in [2.45, 2.75) is 139 Å². The van der Waals surface area contributed by atoms with Crippen LogP contribution >= 0.6 is 0 Å². The van der Waals surface area contributed by atoms with E-state index in [1.807, 2.05) is 48.6 Å². The predicted molar refractivity (Wildman–Crippen MR) is 233 cm³/mol. The molecule has 0 bridgehead atoms. The number of nitrogens with one attached hydrogen (secondary N) is 3. The predicted octanol–water partition coefficient (Wildman–Crippen LogP) is 6.37.